The number of ether oxygens (including phenoxy) is 1. The fourth-order valence-electron chi connectivity index (χ4n) is 2.81. The predicted octanol–water partition coefficient (Wildman–Crippen LogP) is 3.51. The number of nitrogens with one attached hydrogen (secondary N) is 1. The van der Waals surface area contributed by atoms with Crippen LogP contribution in [0.5, 0.6) is 0 Å². The third-order valence-electron chi connectivity index (χ3n) is 3.84. The summed E-state index contributed by atoms with van der Waals surface area (Å²) in [7, 11) is 1.42. The molecule has 0 atom stereocenters. The van der Waals surface area contributed by atoms with Crippen LogP contribution in [0.2, 0.25) is 5.02 Å². The van der Waals surface area contributed by atoms with E-state index in [9.17, 15) is 4.79 Å². The molecule has 4 nitrogen and oxygen atoms in total. The van der Waals surface area contributed by atoms with E-state index in [0.717, 1.165) is 47.8 Å². The van der Waals surface area contributed by atoms with Gasteiger partial charge in [0.05, 0.1) is 18.5 Å². The third kappa shape index (κ3) is 2.81. The maximum Gasteiger partial charge on any atom is 0.305 e. The zero-order chi connectivity index (χ0) is 14.8. The van der Waals surface area contributed by atoms with Crippen molar-refractivity contribution in [2.75, 3.05) is 13.7 Å². The molecule has 0 spiro atoms. The van der Waals surface area contributed by atoms with Crippen molar-refractivity contribution in [1.29, 1.82) is 0 Å². The highest BCUT2D eigenvalue weighted by Gasteiger charge is 2.19. The van der Waals surface area contributed by atoms with Crippen LogP contribution < -0.4 is 0 Å². The normalized spacial score (nSPS) is 13.9. The van der Waals surface area contributed by atoms with E-state index in [-0.39, 0.29) is 5.97 Å². The standard InChI is InChI=1S/C16H17ClN2O2/c1-21-15(20)4-2-3-14-16-11(7-8-18-14)12-9-10(17)5-6-13(12)19-16/h5-6,9,19H,2-4,7-8H2,1H3. The van der Waals surface area contributed by atoms with Gasteiger partial charge in [0.25, 0.3) is 0 Å². The highest BCUT2D eigenvalue weighted by molar-refractivity contribution is 6.31. The van der Waals surface area contributed by atoms with E-state index in [2.05, 4.69) is 14.7 Å². The van der Waals surface area contributed by atoms with E-state index in [1.54, 1.807) is 0 Å². The molecule has 0 saturated heterocycles. The minimum Gasteiger partial charge on any atom is -0.469 e. The first-order chi connectivity index (χ1) is 10.2. The molecule has 21 heavy (non-hydrogen) atoms. The Labute approximate surface area is 128 Å². The molecule has 1 aliphatic rings. The van der Waals surface area contributed by atoms with Crippen molar-refractivity contribution >= 4 is 34.2 Å². The minimum atomic E-state index is -0.171. The molecule has 5 heteroatoms. The van der Waals surface area contributed by atoms with Gasteiger partial charge in [-0.1, -0.05) is 11.6 Å². The van der Waals surface area contributed by atoms with Crippen LogP contribution in [-0.2, 0) is 16.0 Å². The first-order valence-electron chi connectivity index (χ1n) is 7.09. The number of aromatic amines is 1. The Hall–Kier alpha value is -1.81. The highest BCUT2D eigenvalue weighted by Crippen LogP contribution is 2.29. The average Bonchev–Trinajstić information content (AvgIpc) is 2.86. The quantitative estimate of drug-likeness (QED) is 0.879. The maximum atomic E-state index is 11.2. The molecule has 110 valence electrons. The second-order valence-corrected chi connectivity index (χ2v) is 5.61. The summed E-state index contributed by atoms with van der Waals surface area (Å²) in [6.45, 7) is 0.792. The third-order valence-corrected chi connectivity index (χ3v) is 4.08. The molecule has 2 aromatic rings. The molecule has 1 aromatic heterocycles. The molecular formula is C16H17ClN2O2. The van der Waals surface area contributed by atoms with Crippen LogP contribution in [0.4, 0.5) is 0 Å². The maximum absolute atomic E-state index is 11.2. The van der Waals surface area contributed by atoms with Gasteiger partial charge in [-0.15, -0.1) is 0 Å². The Morgan fingerprint density at radius 3 is 3.14 bits per heavy atom. The number of hydrogen-bond donors (Lipinski definition) is 1. The number of nitrogens with zero attached hydrogens (tertiary/aromatic N) is 1. The van der Waals surface area contributed by atoms with Crippen LogP contribution in [0.1, 0.15) is 30.5 Å². The summed E-state index contributed by atoms with van der Waals surface area (Å²) in [5.74, 6) is -0.171. The van der Waals surface area contributed by atoms with Crippen LogP contribution in [0.3, 0.4) is 0 Å². The van der Waals surface area contributed by atoms with E-state index in [1.165, 1.54) is 18.1 Å². The second-order valence-electron chi connectivity index (χ2n) is 5.18. The van der Waals surface area contributed by atoms with Crippen LogP contribution in [0, 0.1) is 0 Å². The summed E-state index contributed by atoms with van der Waals surface area (Å²) >= 11 is 6.09. The molecule has 0 saturated carbocycles. The summed E-state index contributed by atoms with van der Waals surface area (Å²) in [5.41, 5.74) is 4.53. The monoisotopic (exact) mass is 304 g/mol. The van der Waals surface area contributed by atoms with Crippen molar-refractivity contribution in [2.45, 2.75) is 25.7 Å². The number of carbonyl (C=O) groups excluding carboxylic acids is 1. The molecule has 2 heterocycles. The predicted molar refractivity (Wildman–Crippen MR) is 84.3 cm³/mol. The lowest BCUT2D eigenvalue weighted by molar-refractivity contribution is -0.140. The number of esters is 1. The molecule has 3 rings (SSSR count). The van der Waals surface area contributed by atoms with Crippen molar-refractivity contribution in [3.8, 4) is 0 Å². The number of carbonyl (C=O) groups is 1. The molecule has 1 N–H and O–H groups in total. The van der Waals surface area contributed by atoms with Crippen molar-refractivity contribution in [2.24, 2.45) is 4.99 Å². The van der Waals surface area contributed by atoms with Crippen molar-refractivity contribution < 1.29 is 9.53 Å². The van der Waals surface area contributed by atoms with E-state index in [1.807, 2.05) is 18.2 Å². The molecule has 1 aromatic carbocycles. The Balaban J connectivity index is 1.84. The van der Waals surface area contributed by atoms with E-state index < -0.39 is 0 Å². The number of benzene rings is 1. The minimum absolute atomic E-state index is 0.171. The number of fused-ring (bicyclic) bond motifs is 3. The number of rotatable bonds is 4. The van der Waals surface area contributed by atoms with Gasteiger partial charge in [-0.05, 0) is 43.0 Å². The topological polar surface area (TPSA) is 54.4 Å². The lowest BCUT2D eigenvalue weighted by Gasteiger charge is -2.13. The fraction of sp³-hybridized carbons (Fsp3) is 0.375. The van der Waals surface area contributed by atoms with Gasteiger partial charge in [0.15, 0.2) is 0 Å². The summed E-state index contributed by atoms with van der Waals surface area (Å²) in [6, 6.07) is 5.89. The number of aliphatic imine (C=N–C) groups is 1. The van der Waals surface area contributed by atoms with Gasteiger partial charge in [0, 0.05) is 28.9 Å². The number of methoxy groups -OCH3 is 1. The van der Waals surface area contributed by atoms with Crippen LogP contribution in [0.15, 0.2) is 23.2 Å². The van der Waals surface area contributed by atoms with Crippen LogP contribution in [-0.4, -0.2) is 30.3 Å². The largest absolute Gasteiger partial charge is 0.469 e. The first-order valence-corrected chi connectivity index (χ1v) is 7.47. The molecule has 0 radical (unpaired) electrons. The van der Waals surface area contributed by atoms with E-state index >= 15 is 0 Å². The Kier molecular flexibility index (Phi) is 3.97. The molecule has 0 aliphatic carbocycles. The van der Waals surface area contributed by atoms with Gasteiger partial charge >= 0.3 is 5.97 Å². The number of halogens is 1. The molecular weight excluding hydrogens is 288 g/mol. The van der Waals surface area contributed by atoms with Crippen molar-refractivity contribution in [3.05, 3.63) is 34.5 Å². The molecule has 1 aliphatic heterocycles. The second kappa shape index (κ2) is 5.90. The van der Waals surface area contributed by atoms with Crippen LogP contribution in [0.25, 0.3) is 10.9 Å². The zero-order valence-corrected chi connectivity index (χ0v) is 12.7. The van der Waals surface area contributed by atoms with Gasteiger partial charge in [0.1, 0.15) is 0 Å². The lowest BCUT2D eigenvalue weighted by Crippen LogP contribution is -2.13. The summed E-state index contributed by atoms with van der Waals surface area (Å²) < 4.78 is 4.67. The zero-order valence-electron chi connectivity index (χ0n) is 11.9. The first kappa shape index (κ1) is 14.1. The summed E-state index contributed by atoms with van der Waals surface area (Å²) in [5, 5.41) is 1.93. The Morgan fingerprint density at radius 1 is 1.48 bits per heavy atom. The number of H-pyrrole nitrogens is 1. The SMILES string of the molecule is COC(=O)CCCC1=NCCc2c1[nH]c1ccc(Cl)cc21. The van der Waals surface area contributed by atoms with E-state index in [0.29, 0.717) is 6.42 Å². The van der Waals surface area contributed by atoms with Gasteiger partial charge in [-0.25, -0.2) is 0 Å². The molecule has 0 unspecified atom stereocenters. The lowest BCUT2D eigenvalue weighted by atomic mass is 9.99. The molecule has 0 bridgehead atoms. The summed E-state index contributed by atoms with van der Waals surface area (Å²) in [6.07, 6.45) is 2.89. The van der Waals surface area contributed by atoms with E-state index in [4.69, 9.17) is 11.6 Å². The van der Waals surface area contributed by atoms with Gasteiger partial charge in [-0.2, -0.15) is 0 Å². The van der Waals surface area contributed by atoms with Gasteiger partial charge < -0.3 is 9.72 Å². The summed E-state index contributed by atoms with van der Waals surface area (Å²) in [4.78, 5) is 19.2. The number of aromatic nitrogens is 1. The molecule has 0 amide bonds. The highest BCUT2D eigenvalue weighted by atomic mass is 35.5. The van der Waals surface area contributed by atoms with Crippen molar-refractivity contribution in [1.82, 2.24) is 4.98 Å². The van der Waals surface area contributed by atoms with Crippen LogP contribution >= 0.6 is 11.6 Å². The Morgan fingerprint density at radius 2 is 2.33 bits per heavy atom. The average molecular weight is 305 g/mol. The van der Waals surface area contributed by atoms with Gasteiger partial charge in [0.2, 0.25) is 0 Å². The number of hydrogen-bond acceptors (Lipinski definition) is 3. The molecule has 0 fully saturated rings. The van der Waals surface area contributed by atoms with Crippen molar-refractivity contribution in [3.63, 3.8) is 0 Å². The fourth-order valence-corrected chi connectivity index (χ4v) is 2.99. The smallest absolute Gasteiger partial charge is 0.305 e. The Bertz CT molecular complexity index is 718. The van der Waals surface area contributed by atoms with Gasteiger partial charge in [-0.3, -0.25) is 9.79 Å².